The molecule has 0 bridgehead atoms. The average Bonchev–Trinajstić information content (AvgIpc) is 2.33. The van der Waals surface area contributed by atoms with Gasteiger partial charge >= 0.3 is 0 Å². The molecule has 0 unspecified atom stereocenters. The summed E-state index contributed by atoms with van der Waals surface area (Å²) in [5.41, 5.74) is 0. The lowest BCUT2D eigenvalue weighted by Crippen LogP contribution is -2.36. The van der Waals surface area contributed by atoms with Crippen LogP contribution >= 0.6 is 0 Å². The summed E-state index contributed by atoms with van der Waals surface area (Å²) < 4.78 is 13.5. The lowest BCUT2D eigenvalue weighted by atomic mass is 10.3. The maximum absolute atomic E-state index is 13.5. The maximum Gasteiger partial charge on any atom is 0.0418 e. The number of rotatable bonds is 0. The highest BCUT2D eigenvalue weighted by Crippen LogP contribution is 1.99. The van der Waals surface area contributed by atoms with E-state index in [1.807, 2.05) is 0 Å². The second-order valence-corrected chi connectivity index (χ2v) is 5.53. The van der Waals surface area contributed by atoms with Crippen LogP contribution in [0.5, 0.6) is 0 Å². The minimum absolute atomic E-state index is 0.524. The van der Waals surface area contributed by atoms with Gasteiger partial charge in [0, 0.05) is 32.7 Å². The Labute approximate surface area is 111 Å². The summed E-state index contributed by atoms with van der Waals surface area (Å²) >= 11 is 0. The number of nitrogens with zero attached hydrogens (tertiary/aromatic N) is 4. The third-order valence-corrected chi connectivity index (χ3v) is 3.61. The third kappa shape index (κ3) is 7.26. The van der Waals surface area contributed by atoms with Crippen LogP contribution in [0, 0.1) is 0 Å². The molecule has 0 aromatic rings. The molecule has 4 nitrogen and oxygen atoms in total. The van der Waals surface area contributed by atoms with E-state index in [4.69, 9.17) is 0 Å². The molecule has 0 aromatic heterocycles. The topological polar surface area (TPSA) is 13.0 Å². The van der Waals surface area contributed by atoms with Crippen molar-refractivity contribution >= 4 is 0 Å². The smallest absolute Gasteiger partial charge is 0.0418 e. The van der Waals surface area contributed by atoms with Gasteiger partial charge in [0.1, 0.15) is 0 Å². The first-order valence-electron chi connectivity index (χ1n) is 7.04. The number of halogens is 1. The highest BCUT2D eigenvalue weighted by Gasteiger charge is 2.08. The third-order valence-electron chi connectivity index (χ3n) is 3.61. The molecule has 0 spiro atoms. The van der Waals surface area contributed by atoms with Crippen molar-refractivity contribution in [2.45, 2.75) is 12.8 Å². The fraction of sp³-hybridized carbons (Fsp3) is 1.00. The van der Waals surface area contributed by atoms with E-state index >= 15 is 0 Å². The molecule has 0 atom stereocenters. The van der Waals surface area contributed by atoms with Crippen molar-refractivity contribution in [3.8, 4) is 0 Å². The molecule has 0 amide bonds. The zero-order valence-corrected chi connectivity index (χ0v) is 12.2. The van der Waals surface area contributed by atoms with Crippen LogP contribution in [-0.4, -0.2) is 93.3 Å². The van der Waals surface area contributed by atoms with Crippen LogP contribution in [-0.2, 0) is 0 Å². The van der Waals surface area contributed by atoms with Gasteiger partial charge in [-0.25, -0.2) is 0 Å². The molecule has 1 aliphatic heterocycles. The lowest BCUT2D eigenvalue weighted by Gasteiger charge is -2.25. The summed E-state index contributed by atoms with van der Waals surface area (Å²) in [4.78, 5) is 6.90. The van der Waals surface area contributed by atoms with Gasteiger partial charge in [0.05, 0.1) is 0 Å². The van der Waals surface area contributed by atoms with E-state index in [0.717, 1.165) is 57.2 Å². The molecule has 5 heteroatoms. The van der Waals surface area contributed by atoms with E-state index in [9.17, 15) is 4.48 Å². The minimum atomic E-state index is 0.524. The second-order valence-electron chi connectivity index (χ2n) is 5.53. The molecule has 1 saturated heterocycles. The predicted octanol–water partition coefficient (Wildman–Crippen LogP) is 0.762. The number of hydrogen-bond acceptors (Lipinski definition) is 4. The molecular weight excluding hydrogens is 231 g/mol. The SMILES string of the molecule is CN1CCCN(C)CCN(F)CCCN(C)CC1. The van der Waals surface area contributed by atoms with Gasteiger partial charge in [0.25, 0.3) is 0 Å². The summed E-state index contributed by atoms with van der Waals surface area (Å²) in [6, 6.07) is 0. The Kier molecular flexibility index (Phi) is 7.74. The second kappa shape index (κ2) is 8.80. The van der Waals surface area contributed by atoms with Crippen molar-refractivity contribution < 1.29 is 4.48 Å². The number of likely N-dealkylation sites (N-methyl/N-ethyl adjacent to an activating group) is 3. The zero-order chi connectivity index (χ0) is 13.4. The van der Waals surface area contributed by atoms with E-state index in [0.29, 0.717) is 13.1 Å². The maximum atomic E-state index is 13.5. The van der Waals surface area contributed by atoms with Crippen molar-refractivity contribution in [1.29, 1.82) is 0 Å². The Hall–Kier alpha value is -0.230. The highest BCUT2D eigenvalue weighted by atomic mass is 19.2. The van der Waals surface area contributed by atoms with Crippen molar-refractivity contribution in [1.82, 2.24) is 19.8 Å². The monoisotopic (exact) mass is 260 g/mol. The van der Waals surface area contributed by atoms with E-state index in [1.54, 1.807) is 0 Å². The zero-order valence-electron chi connectivity index (χ0n) is 12.2. The fourth-order valence-electron chi connectivity index (χ4n) is 2.19. The molecule has 18 heavy (non-hydrogen) atoms. The van der Waals surface area contributed by atoms with Crippen molar-refractivity contribution in [3.05, 3.63) is 0 Å². The van der Waals surface area contributed by atoms with Gasteiger partial charge in [-0.05, 0) is 53.6 Å². The largest absolute Gasteiger partial charge is 0.305 e. The molecule has 0 saturated carbocycles. The molecule has 1 heterocycles. The van der Waals surface area contributed by atoms with Crippen molar-refractivity contribution in [2.24, 2.45) is 0 Å². The summed E-state index contributed by atoms with van der Waals surface area (Å²) in [5.74, 6) is 0. The molecule has 1 fully saturated rings. The van der Waals surface area contributed by atoms with Gasteiger partial charge in [0.15, 0.2) is 0 Å². The Morgan fingerprint density at radius 1 is 0.556 bits per heavy atom. The molecule has 1 aliphatic rings. The van der Waals surface area contributed by atoms with Gasteiger partial charge in [-0.3, -0.25) is 0 Å². The van der Waals surface area contributed by atoms with Gasteiger partial charge in [-0.2, -0.15) is 0 Å². The van der Waals surface area contributed by atoms with Crippen molar-refractivity contribution in [3.63, 3.8) is 0 Å². The van der Waals surface area contributed by atoms with Crippen LogP contribution < -0.4 is 0 Å². The Bertz CT molecular complexity index is 173. The van der Waals surface area contributed by atoms with Gasteiger partial charge in [0.2, 0.25) is 0 Å². The number of hydrogen-bond donors (Lipinski definition) is 0. The van der Waals surface area contributed by atoms with Crippen LogP contribution in [0.15, 0.2) is 0 Å². The average molecular weight is 260 g/mol. The van der Waals surface area contributed by atoms with Crippen LogP contribution in [0.1, 0.15) is 12.8 Å². The summed E-state index contributed by atoms with van der Waals surface area (Å²) in [5, 5.41) is 0.961. The minimum Gasteiger partial charge on any atom is -0.305 e. The van der Waals surface area contributed by atoms with Crippen LogP contribution in [0.2, 0.25) is 0 Å². The first-order valence-corrected chi connectivity index (χ1v) is 7.04. The Morgan fingerprint density at radius 2 is 0.944 bits per heavy atom. The lowest BCUT2D eigenvalue weighted by molar-refractivity contribution is 0.0137. The van der Waals surface area contributed by atoms with Gasteiger partial charge in [-0.15, -0.1) is 9.60 Å². The first-order chi connectivity index (χ1) is 8.58. The molecule has 0 aromatic carbocycles. The predicted molar refractivity (Wildman–Crippen MR) is 74.4 cm³/mol. The van der Waals surface area contributed by atoms with E-state index in [1.165, 1.54) is 0 Å². The van der Waals surface area contributed by atoms with Gasteiger partial charge in [-0.1, -0.05) is 0 Å². The molecule has 0 aliphatic carbocycles. The summed E-state index contributed by atoms with van der Waals surface area (Å²) in [6.07, 6.45) is 2.06. The Balaban J connectivity index is 2.36. The normalized spacial score (nSPS) is 26.0. The van der Waals surface area contributed by atoms with Crippen LogP contribution in [0.3, 0.4) is 0 Å². The standard InChI is InChI=1S/C13H29FN4/c1-15-6-4-7-17(3)12-13-18(14)9-5-8-16(2)11-10-15/h4-13H2,1-3H3. The highest BCUT2D eigenvalue weighted by molar-refractivity contribution is 4.62. The van der Waals surface area contributed by atoms with Crippen LogP contribution in [0.4, 0.5) is 4.48 Å². The van der Waals surface area contributed by atoms with E-state index in [-0.39, 0.29) is 0 Å². The molecule has 1 rings (SSSR count). The first kappa shape index (κ1) is 15.8. The van der Waals surface area contributed by atoms with Crippen LogP contribution in [0.25, 0.3) is 0 Å². The molecule has 0 radical (unpaired) electrons. The van der Waals surface area contributed by atoms with E-state index in [2.05, 4.69) is 35.8 Å². The molecular formula is C13H29FN4. The Morgan fingerprint density at radius 3 is 1.44 bits per heavy atom. The quantitative estimate of drug-likeness (QED) is 0.596. The van der Waals surface area contributed by atoms with Gasteiger partial charge < -0.3 is 14.7 Å². The molecule has 0 N–H and O–H groups in total. The summed E-state index contributed by atoms with van der Waals surface area (Å²) in [6.45, 7) is 7.20. The van der Waals surface area contributed by atoms with E-state index < -0.39 is 0 Å². The fourth-order valence-corrected chi connectivity index (χ4v) is 2.19. The van der Waals surface area contributed by atoms with Crippen molar-refractivity contribution in [2.75, 3.05) is 73.5 Å². The molecule has 108 valence electrons. The summed E-state index contributed by atoms with van der Waals surface area (Å²) in [7, 11) is 6.38.